The summed E-state index contributed by atoms with van der Waals surface area (Å²) >= 11 is 0. The van der Waals surface area contributed by atoms with Gasteiger partial charge in [0.25, 0.3) is 0 Å². The molecule has 0 saturated heterocycles. The largest absolute Gasteiger partial charge is 0.413 e. The van der Waals surface area contributed by atoms with Crippen molar-refractivity contribution in [1.82, 2.24) is 0 Å². The molecule has 0 heterocycles. The van der Waals surface area contributed by atoms with Gasteiger partial charge >= 0.3 is 0 Å². The highest BCUT2D eigenvalue weighted by Gasteiger charge is 2.27. The molecule has 1 aromatic carbocycles. The summed E-state index contributed by atoms with van der Waals surface area (Å²) in [6.07, 6.45) is 0.141. The van der Waals surface area contributed by atoms with Crippen LogP contribution < -0.4 is 5.73 Å². The van der Waals surface area contributed by atoms with Crippen LogP contribution in [0.15, 0.2) is 24.3 Å². The van der Waals surface area contributed by atoms with Crippen molar-refractivity contribution < 1.29 is 4.43 Å². The van der Waals surface area contributed by atoms with E-state index in [1.54, 1.807) is 0 Å². The molecule has 3 heteroatoms. The van der Waals surface area contributed by atoms with E-state index in [1.807, 2.05) is 18.2 Å². The lowest BCUT2D eigenvalue weighted by Gasteiger charge is -2.33. The van der Waals surface area contributed by atoms with Gasteiger partial charge in [-0.1, -0.05) is 32.9 Å². The van der Waals surface area contributed by atoms with Crippen molar-refractivity contribution in [2.45, 2.75) is 40.0 Å². The van der Waals surface area contributed by atoms with E-state index >= 15 is 0 Å². The number of anilines is 1. The minimum atomic E-state index is -1.05. The highest BCUT2D eigenvalue weighted by atomic mass is 28.3. The lowest BCUT2D eigenvalue weighted by Crippen LogP contribution is -2.25. The zero-order chi connectivity index (χ0) is 12.3. The molecule has 1 atom stereocenters. The molecule has 1 aromatic rings. The second-order valence-electron chi connectivity index (χ2n) is 5.60. The molecule has 2 N–H and O–H groups in total. The van der Waals surface area contributed by atoms with Gasteiger partial charge in [0.2, 0.25) is 0 Å². The molecule has 0 saturated carbocycles. The Morgan fingerprint density at radius 2 is 1.88 bits per heavy atom. The maximum Gasteiger partial charge on any atom is 0.171 e. The standard InChI is InChI=1S/C13H23NOSi/c1-13(2,3)12(15-16(4)5)10-7-6-8-11(14)9-10/h6-9,12,16H,14H2,1-5H3. The van der Waals surface area contributed by atoms with Crippen LogP contribution in [-0.2, 0) is 4.43 Å². The molecule has 0 aromatic heterocycles. The van der Waals surface area contributed by atoms with E-state index in [-0.39, 0.29) is 11.5 Å². The average Bonchev–Trinajstić information content (AvgIpc) is 2.12. The third-order valence-electron chi connectivity index (χ3n) is 2.41. The molecule has 2 nitrogen and oxygen atoms in total. The number of nitrogen functional groups attached to an aromatic ring is 1. The van der Waals surface area contributed by atoms with Crippen LogP contribution in [0.4, 0.5) is 5.69 Å². The summed E-state index contributed by atoms with van der Waals surface area (Å²) in [7, 11) is -1.05. The second kappa shape index (κ2) is 5.02. The van der Waals surface area contributed by atoms with Crippen LogP contribution in [0.3, 0.4) is 0 Å². The van der Waals surface area contributed by atoms with E-state index < -0.39 is 9.04 Å². The summed E-state index contributed by atoms with van der Waals surface area (Å²) in [5.41, 5.74) is 7.92. The summed E-state index contributed by atoms with van der Waals surface area (Å²) in [6.45, 7) is 11.0. The summed E-state index contributed by atoms with van der Waals surface area (Å²) < 4.78 is 6.14. The Morgan fingerprint density at radius 3 is 2.31 bits per heavy atom. The predicted octanol–water partition coefficient (Wildman–Crippen LogP) is 3.36. The third kappa shape index (κ3) is 3.65. The first kappa shape index (κ1) is 13.3. The van der Waals surface area contributed by atoms with E-state index in [1.165, 1.54) is 5.56 Å². The fraction of sp³-hybridized carbons (Fsp3) is 0.538. The third-order valence-corrected chi connectivity index (χ3v) is 3.22. The van der Waals surface area contributed by atoms with E-state index in [0.717, 1.165) is 5.69 Å². The first-order valence-electron chi connectivity index (χ1n) is 5.81. The van der Waals surface area contributed by atoms with Gasteiger partial charge < -0.3 is 10.2 Å². The van der Waals surface area contributed by atoms with Gasteiger partial charge in [0.05, 0.1) is 6.10 Å². The Kier molecular flexibility index (Phi) is 4.16. The topological polar surface area (TPSA) is 35.2 Å². The number of hydrogen-bond acceptors (Lipinski definition) is 2. The van der Waals surface area contributed by atoms with Crippen molar-refractivity contribution in [2.75, 3.05) is 5.73 Å². The minimum Gasteiger partial charge on any atom is -0.413 e. The lowest BCUT2D eigenvalue weighted by atomic mass is 9.85. The van der Waals surface area contributed by atoms with Crippen molar-refractivity contribution in [3.8, 4) is 0 Å². The van der Waals surface area contributed by atoms with Crippen LogP contribution >= 0.6 is 0 Å². The van der Waals surface area contributed by atoms with Crippen LogP contribution in [0.5, 0.6) is 0 Å². The maximum absolute atomic E-state index is 6.14. The maximum atomic E-state index is 6.14. The SMILES string of the molecule is C[SiH](C)OC(c1cccc(N)c1)C(C)(C)C. The van der Waals surface area contributed by atoms with E-state index in [4.69, 9.17) is 10.2 Å². The van der Waals surface area contributed by atoms with Gasteiger partial charge in [-0.3, -0.25) is 0 Å². The molecule has 0 bridgehead atoms. The zero-order valence-electron chi connectivity index (χ0n) is 10.9. The lowest BCUT2D eigenvalue weighted by molar-refractivity contribution is 0.0866. The molecule has 0 aliphatic carbocycles. The van der Waals surface area contributed by atoms with Crippen LogP contribution in [0, 0.1) is 5.41 Å². The van der Waals surface area contributed by atoms with Crippen molar-refractivity contribution in [2.24, 2.45) is 5.41 Å². The highest BCUT2D eigenvalue weighted by molar-refractivity contribution is 6.48. The number of benzene rings is 1. The van der Waals surface area contributed by atoms with Gasteiger partial charge in [0.15, 0.2) is 9.04 Å². The molecule has 0 aliphatic heterocycles. The molecule has 0 fully saturated rings. The van der Waals surface area contributed by atoms with Gasteiger partial charge in [-0.2, -0.15) is 0 Å². The van der Waals surface area contributed by atoms with Gasteiger partial charge in [-0.15, -0.1) is 0 Å². The number of hydrogen-bond donors (Lipinski definition) is 1. The van der Waals surface area contributed by atoms with Gasteiger partial charge in [0.1, 0.15) is 0 Å². The first-order chi connectivity index (χ1) is 7.30. The molecule has 0 spiro atoms. The molecular weight excluding hydrogens is 214 g/mol. The number of nitrogens with two attached hydrogens (primary N) is 1. The first-order valence-corrected chi connectivity index (χ1v) is 8.59. The van der Waals surface area contributed by atoms with E-state index in [0.29, 0.717) is 0 Å². The summed E-state index contributed by atoms with van der Waals surface area (Å²) in [4.78, 5) is 0. The Morgan fingerprint density at radius 1 is 1.25 bits per heavy atom. The molecule has 90 valence electrons. The van der Waals surface area contributed by atoms with Crippen LogP contribution in [0.2, 0.25) is 13.1 Å². The molecular formula is C13H23NOSi. The predicted molar refractivity (Wildman–Crippen MR) is 73.0 cm³/mol. The minimum absolute atomic E-state index is 0.102. The van der Waals surface area contributed by atoms with Crippen molar-refractivity contribution in [3.63, 3.8) is 0 Å². The Hall–Kier alpha value is -0.803. The highest BCUT2D eigenvalue weighted by Crippen LogP contribution is 2.36. The molecule has 0 aliphatic rings. The molecule has 1 rings (SSSR count). The fourth-order valence-electron chi connectivity index (χ4n) is 1.78. The van der Waals surface area contributed by atoms with Crippen molar-refractivity contribution in [3.05, 3.63) is 29.8 Å². The smallest absolute Gasteiger partial charge is 0.171 e. The Labute approximate surface area is 101 Å². The molecule has 16 heavy (non-hydrogen) atoms. The Bertz CT molecular complexity index is 344. The van der Waals surface area contributed by atoms with Crippen LogP contribution in [0.1, 0.15) is 32.4 Å². The zero-order valence-corrected chi connectivity index (χ0v) is 12.1. The summed E-state index contributed by atoms with van der Waals surface area (Å²) in [5, 5.41) is 0. The van der Waals surface area contributed by atoms with E-state index in [2.05, 4.69) is 39.9 Å². The second-order valence-corrected chi connectivity index (χ2v) is 7.97. The molecule has 1 unspecified atom stereocenters. The van der Waals surface area contributed by atoms with Gasteiger partial charge in [-0.05, 0) is 36.2 Å². The molecule has 0 amide bonds. The summed E-state index contributed by atoms with van der Waals surface area (Å²) in [5.74, 6) is 0. The van der Waals surface area contributed by atoms with E-state index in [9.17, 15) is 0 Å². The number of rotatable bonds is 3. The van der Waals surface area contributed by atoms with Crippen molar-refractivity contribution in [1.29, 1.82) is 0 Å². The fourth-order valence-corrected chi connectivity index (χ4v) is 2.89. The van der Waals surface area contributed by atoms with Crippen LogP contribution in [0.25, 0.3) is 0 Å². The monoisotopic (exact) mass is 237 g/mol. The van der Waals surface area contributed by atoms with Crippen LogP contribution in [-0.4, -0.2) is 9.04 Å². The average molecular weight is 237 g/mol. The van der Waals surface area contributed by atoms with Crippen molar-refractivity contribution >= 4 is 14.7 Å². The van der Waals surface area contributed by atoms with Gasteiger partial charge in [0, 0.05) is 5.69 Å². The quantitative estimate of drug-likeness (QED) is 0.646. The summed E-state index contributed by atoms with van der Waals surface area (Å²) in [6, 6.07) is 8.03. The Balaban J connectivity index is 3.01. The normalized spacial score (nSPS) is 14.1. The van der Waals surface area contributed by atoms with Gasteiger partial charge in [-0.25, -0.2) is 0 Å². The molecule has 0 radical (unpaired) electrons.